The highest BCUT2D eigenvalue weighted by molar-refractivity contribution is 7.10. The molecule has 1 amide bonds. The minimum Gasteiger partial charge on any atom is -0.316 e. The van der Waals surface area contributed by atoms with E-state index >= 15 is 0 Å². The lowest BCUT2D eigenvalue weighted by Gasteiger charge is -2.11. The van der Waals surface area contributed by atoms with Crippen LogP contribution in [0.3, 0.4) is 0 Å². The van der Waals surface area contributed by atoms with E-state index in [0.29, 0.717) is 4.88 Å². The summed E-state index contributed by atoms with van der Waals surface area (Å²) in [7, 11) is 0. The van der Waals surface area contributed by atoms with E-state index in [9.17, 15) is 19.3 Å². The number of nitro benzene ring substituents is 1. The van der Waals surface area contributed by atoms with Gasteiger partial charge in [0.25, 0.3) is 5.69 Å². The van der Waals surface area contributed by atoms with Gasteiger partial charge in [0.05, 0.1) is 4.92 Å². The standard InChI is InChI=1S/C12H10FN3O3S/c13-7-3-1-4-8(16(18)19)11(7)15-12(17)10(14)9-5-2-6-20-9/h1-6,10H,14H2,(H,15,17). The first-order valence-corrected chi connectivity index (χ1v) is 6.41. The number of carbonyl (C=O) groups is 1. The number of carbonyl (C=O) groups excluding carboxylic acids is 1. The predicted octanol–water partition coefficient (Wildman–Crippen LogP) is 2.43. The number of benzene rings is 1. The molecule has 0 radical (unpaired) electrons. The lowest BCUT2D eigenvalue weighted by atomic mass is 10.2. The molecule has 8 heteroatoms. The summed E-state index contributed by atoms with van der Waals surface area (Å²) in [6.45, 7) is 0. The fraction of sp³-hybridized carbons (Fsp3) is 0.0833. The summed E-state index contributed by atoms with van der Waals surface area (Å²) < 4.78 is 13.6. The topological polar surface area (TPSA) is 98.3 Å². The Morgan fingerprint density at radius 1 is 1.40 bits per heavy atom. The van der Waals surface area contributed by atoms with Crippen LogP contribution in [-0.2, 0) is 4.79 Å². The molecule has 20 heavy (non-hydrogen) atoms. The first kappa shape index (κ1) is 14.1. The van der Waals surface area contributed by atoms with Crippen LogP contribution in [0.1, 0.15) is 10.9 Å². The molecule has 1 heterocycles. The molecule has 0 saturated heterocycles. The lowest BCUT2D eigenvalue weighted by Crippen LogP contribution is -2.27. The molecule has 0 aliphatic rings. The molecule has 1 atom stereocenters. The quantitative estimate of drug-likeness (QED) is 0.668. The summed E-state index contributed by atoms with van der Waals surface area (Å²) in [5.41, 5.74) is 4.72. The minimum atomic E-state index is -1.01. The Kier molecular flexibility index (Phi) is 4.06. The van der Waals surface area contributed by atoms with Crippen LogP contribution in [0.4, 0.5) is 15.8 Å². The summed E-state index contributed by atoms with van der Waals surface area (Å²) in [6.07, 6.45) is 0. The summed E-state index contributed by atoms with van der Waals surface area (Å²) in [5.74, 6) is -1.59. The molecule has 1 aromatic heterocycles. The van der Waals surface area contributed by atoms with Gasteiger partial charge in [-0.3, -0.25) is 14.9 Å². The minimum absolute atomic E-state index is 0.477. The summed E-state index contributed by atoms with van der Waals surface area (Å²) in [4.78, 5) is 22.5. The number of rotatable bonds is 4. The zero-order valence-corrected chi connectivity index (χ0v) is 10.9. The fourth-order valence-electron chi connectivity index (χ4n) is 1.59. The predicted molar refractivity (Wildman–Crippen MR) is 72.9 cm³/mol. The summed E-state index contributed by atoms with van der Waals surface area (Å²) in [6, 6.07) is 5.70. The van der Waals surface area contributed by atoms with Crippen molar-refractivity contribution in [1.82, 2.24) is 0 Å². The van der Waals surface area contributed by atoms with Gasteiger partial charge in [-0.05, 0) is 17.5 Å². The van der Waals surface area contributed by atoms with Gasteiger partial charge >= 0.3 is 0 Å². The van der Waals surface area contributed by atoms with Gasteiger partial charge < -0.3 is 11.1 Å². The van der Waals surface area contributed by atoms with E-state index in [-0.39, 0.29) is 0 Å². The number of anilines is 1. The molecular formula is C12H10FN3O3S. The van der Waals surface area contributed by atoms with Crippen LogP contribution in [0.15, 0.2) is 35.7 Å². The molecule has 0 spiro atoms. The van der Waals surface area contributed by atoms with Crippen molar-refractivity contribution < 1.29 is 14.1 Å². The van der Waals surface area contributed by atoms with Crippen molar-refractivity contribution in [3.8, 4) is 0 Å². The first-order chi connectivity index (χ1) is 9.50. The smallest absolute Gasteiger partial charge is 0.295 e. The Morgan fingerprint density at radius 3 is 2.75 bits per heavy atom. The average Bonchev–Trinajstić information content (AvgIpc) is 2.93. The number of amides is 1. The Bertz CT molecular complexity index is 645. The highest BCUT2D eigenvalue weighted by Gasteiger charge is 2.23. The maximum Gasteiger partial charge on any atom is 0.295 e. The molecule has 0 aliphatic heterocycles. The highest BCUT2D eigenvalue weighted by Crippen LogP contribution is 2.28. The monoisotopic (exact) mass is 295 g/mol. The van der Waals surface area contributed by atoms with E-state index in [1.807, 2.05) is 0 Å². The van der Waals surface area contributed by atoms with E-state index in [0.717, 1.165) is 12.1 Å². The van der Waals surface area contributed by atoms with Crippen LogP contribution in [0, 0.1) is 15.9 Å². The van der Waals surface area contributed by atoms with Crippen LogP contribution in [0.25, 0.3) is 0 Å². The van der Waals surface area contributed by atoms with Crippen molar-refractivity contribution in [3.63, 3.8) is 0 Å². The number of nitrogens with two attached hydrogens (primary N) is 1. The number of nitro groups is 1. The number of thiophene rings is 1. The fourth-order valence-corrected chi connectivity index (χ4v) is 2.31. The second-order valence-electron chi connectivity index (χ2n) is 3.87. The van der Waals surface area contributed by atoms with E-state index in [1.165, 1.54) is 17.4 Å². The van der Waals surface area contributed by atoms with Crippen molar-refractivity contribution in [2.75, 3.05) is 5.32 Å². The van der Waals surface area contributed by atoms with Crippen molar-refractivity contribution in [2.24, 2.45) is 5.73 Å². The largest absolute Gasteiger partial charge is 0.316 e. The number of halogens is 1. The molecule has 3 N–H and O–H groups in total. The second kappa shape index (κ2) is 5.76. The number of nitrogens with zero attached hydrogens (tertiary/aromatic N) is 1. The molecule has 2 rings (SSSR count). The molecule has 0 saturated carbocycles. The molecular weight excluding hydrogens is 285 g/mol. The van der Waals surface area contributed by atoms with Gasteiger partial charge in [-0.1, -0.05) is 12.1 Å². The molecule has 1 aromatic carbocycles. The van der Waals surface area contributed by atoms with Crippen LogP contribution in [-0.4, -0.2) is 10.8 Å². The molecule has 0 aliphatic carbocycles. The van der Waals surface area contributed by atoms with Gasteiger partial charge in [-0.15, -0.1) is 11.3 Å². The van der Waals surface area contributed by atoms with Gasteiger partial charge in [0.15, 0.2) is 11.5 Å². The Balaban J connectivity index is 2.26. The van der Waals surface area contributed by atoms with Crippen LogP contribution >= 0.6 is 11.3 Å². The number of hydrogen-bond acceptors (Lipinski definition) is 5. The maximum atomic E-state index is 13.6. The van der Waals surface area contributed by atoms with Crippen molar-refractivity contribution >= 4 is 28.6 Å². The Hall–Kier alpha value is -2.32. The third kappa shape index (κ3) is 2.81. The number of nitrogens with one attached hydrogen (secondary N) is 1. The van der Waals surface area contributed by atoms with Gasteiger partial charge in [0.2, 0.25) is 5.91 Å². The van der Waals surface area contributed by atoms with Gasteiger partial charge in [-0.2, -0.15) is 0 Å². The molecule has 0 fully saturated rings. The molecule has 0 bridgehead atoms. The van der Waals surface area contributed by atoms with Crippen LogP contribution < -0.4 is 11.1 Å². The molecule has 104 valence electrons. The summed E-state index contributed by atoms with van der Waals surface area (Å²) >= 11 is 1.27. The van der Waals surface area contributed by atoms with Crippen molar-refractivity contribution in [1.29, 1.82) is 0 Å². The molecule has 6 nitrogen and oxygen atoms in total. The van der Waals surface area contributed by atoms with E-state index < -0.39 is 34.1 Å². The van der Waals surface area contributed by atoms with Crippen LogP contribution in [0.5, 0.6) is 0 Å². The van der Waals surface area contributed by atoms with E-state index in [2.05, 4.69) is 5.32 Å². The molecule has 2 aromatic rings. The van der Waals surface area contributed by atoms with Gasteiger partial charge in [-0.25, -0.2) is 4.39 Å². The highest BCUT2D eigenvalue weighted by atomic mass is 32.1. The lowest BCUT2D eigenvalue weighted by molar-refractivity contribution is -0.384. The number of hydrogen-bond donors (Lipinski definition) is 2. The molecule has 1 unspecified atom stereocenters. The van der Waals surface area contributed by atoms with Gasteiger partial charge in [0.1, 0.15) is 6.04 Å². The maximum absolute atomic E-state index is 13.6. The van der Waals surface area contributed by atoms with Gasteiger partial charge in [0, 0.05) is 10.9 Å². The van der Waals surface area contributed by atoms with Crippen LogP contribution in [0.2, 0.25) is 0 Å². The van der Waals surface area contributed by atoms with Crippen molar-refractivity contribution in [3.05, 3.63) is 56.5 Å². The SMILES string of the molecule is NC(C(=O)Nc1c(F)cccc1[N+](=O)[O-])c1cccs1. The normalized spacial score (nSPS) is 11.9. The Morgan fingerprint density at radius 2 is 2.15 bits per heavy atom. The summed E-state index contributed by atoms with van der Waals surface area (Å²) in [5, 5.41) is 14.7. The average molecular weight is 295 g/mol. The van der Waals surface area contributed by atoms with E-state index in [4.69, 9.17) is 5.73 Å². The zero-order valence-electron chi connectivity index (χ0n) is 10.1. The van der Waals surface area contributed by atoms with E-state index in [1.54, 1.807) is 17.5 Å². The van der Waals surface area contributed by atoms with Crippen molar-refractivity contribution in [2.45, 2.75) is 6.04 Å². The Labute approximate surface area is 117 Å². The second-order valence-corrected chi connectivity index (χ2v) is 4.85. The first-order valence-electron chi connectivity index (χ1n) is 5.53. The zero-order chi connectivity index (χ0) is 14.7. The third-order valence-corrected chi connectivity index (χ3v) is 3.52. The number of para-hydroxylation sites is 1. The third-order valence-electron chi connectivity index (χ3n) is 2.57.